The molecule has 5 heteroatoms. The number of likely N-dealkylation sites (tertiary alicyclic amines) is 1. The Morgan fingerprint density at radius 1 is 1.12 bits per heavy atom. The molecule has 2 aliphatic heterocycles. The highest BCUT2D eigenvalue weighted by Gasteiger charge is 2.35. The molecular weight excluding hydrogens is 314 g/mol. The molecule has 3 rings (SSSR count). The molecule has 2 atom stereocenters. The fourth-order valence-corrected chi connectivity index (χ4v) is 4.07. The van der Waals surface area contributed by atoms with Crippen molar-refractivity contribution >= 4 is 5.91 Å². The van der Waals surface area contributed by atoms with E-state index in [2.05, 4.69) is 16.7 Å². The van der Waals surface area contributed by atoms with Crippen LogP contribution in [0.1, 0.15) is 20.3 Å². The van der Waals surface area contributed by atoms with Crippen LogP contribution in [-0.2, 0) is 4.79 Å². The van der Waals surface area contributed by atoms with Crippen molar-refractivity contribution < 1.29 is 9.53 Å². The normalized spacial score (nSPS) is 25.3. The molecule has 1 aromatic carbocycles. The highest BCUT2D eigenvalue weighted by atomic mass is 16.5. The second-order valence-corrected chi connectivity index (χ2v) is 7.36. The maximum atomic E-state index is 11.5. The van der Waals surface area contributed by atoms with Gasteiger partial charge in [-0.2, -0.15) is 0 Å². The standard InChI is InChI=1S/C20H31N3O2/c1-17-15-21(9-6-14-25-19-7-4-3-5-8-19)16-20(17)23-12-10-22(11-13-23)18(2)24/h3-5,7-8,17,20H,6,9-16H2,1-2H3/t17-,20+/m0/s1. The van der Waals surface area contributed by atoms with Gasteiger partial charge in [-0.1, -0.05) is 25.1 Å². The number of rotatable bonds is 6. The van der Waals surface area contributed by atoms with Crippen LogP contribution in [0.3, 0.4) is 0 Å². The predicted octanol–water partition coefficient (Wildman–Crippen LogP) is 1.94. The maximum absolute atomic E-state index is 11.5. The average molecular weight is 345 g/mol. The molecule has 5 nitrogen and oxygen atoms in total. The number of carbonyl (C=O) groups excluding carboxylic acids is 1. The molecule has 0 N–H and O–H groups in total. The lowest BCUT2D eigenvalue weighted by atomic mass is 10.0. The van der Waals surface area contributed by atoms with Crippen LogP contribution in [0.5, 0.6) is 5.75 Å². The number of piperazine rings is 1. The second-order valence-electron chi connectivity index (χ2n) is 7.36. The number of para-hydroxylation sites is 1. The summed E-state index contributed by atoms with van der Waals surface area (Å²) in [7, 11) is 0. The summed E-state index contributed by atoms with van der Waals surface area (Å²) in [5.74, 6) is 1.86. The third-order valence-electron chi connectivity index (χ3n) is 5.51. The molecule has 2 aliphatic rings. The first-order valence-corrected chi connectivity index (χ1v) is 9.53. The molecule has 0 radical (unpaired) electrons. The van der Waals surface area contributed by atoms with Crippen LogP contribution in [0.15, 0.2) is 30.3 Å². The van der Waals surface area contributed by atoms with Crippen molar-refractivity contribution in [2.24, 2.45) is 5.92 Å². The molecule has 0 bridgehead atoms. The lowest BCUT2D eigenvalue weighted by Gasteiger charge is -2.39. The van der Waals surface area contributed by atoms with Crippen LogP contribution < -0.4 is 4.74 Å². The summed E-state index contributed by atoms with van der Waals surface area (Å²) in [6, 6.07) is 10.7. The van der Waals surface area contributed by atoms with Gasteiger partial charge in [0.1, 0.15) is 5.75 Å². The zero-order valence-electron chi connectivity index (χ0n) is 15.6. The number of hydrogen-bond donors (Lipinski definition) is 0. The van der Waals surface area contributed by atoms with Gasteiger partial charge in [0.15, 0.2) is 0 Å². The summed E-state index contributed by atoms with van der Waals surface area (Å²) in [6.07, 6.45) is 1.06. The summed E-state index contributed by atoms with van der Waals surface area (Å²) in [6.45, 7) is 12.0. The molecular formula is C20H31N3O2. The molecule has 1 amide bonds. The van der Waals surface area contributed by atoms with Gasteiger partial charge in [-0.3, -0.25) is 9.69 Å². The van der Waals surface area contributed by atoms with Gasteiger partial charge in [0.05, 0.1) is 6.61 Å². The molecule has 0 aliphatic carbocycles. The summed E-state index contributed by atoms with van der Waals surface area (Å²) in [5.41, 5.74) is 0. The fourth-order valence-electron chi connectivity index (χ4n) is 4.07. The van der Waals surface area contributed by atoms with Crippen molar-refractivity contribution in [1.29, 1.82) is 0 Å². The van der Waals surface area contributed by atoms with Gasteiger partial charge in [-0.15, -0.1) is 0 Å². The van der Waals surface area contributed by atoms with Gasteiger partial charge < -0.3 is 14.5 Å². The lowest BCUT2D eigenvalue weighted by molar-refractivity contribution is -0.130. The predicted molar refractivity (Wildman–Crippen MR) is 99.8 cm³/mol. The Morgan fingerprint density at radius 2 is 1.84 bits per heavy atom. The smallest absolute Gasteiger partial charge is 0.219 e. The minimum absolute atomic E-state index is 0.208. The number of nitrogens with zero attached hydrogens (tertiary/aromatic N) is 3. The van der Waals surface area contributed by atoms with E-state index in [4.69, 9.17) is 4.74 Å². The van der Waals surface area contributed by atoms with E-state index in [1.807, 2.05) is 35.2 Å². The molecule has 0 saturated carbocycles. The highest BCUT2D eigenvalue weighted by molar-refractivity contribution is 5.73. The summed E-state index contributed by atoms with van der Waals surface area (Å²) < 4.78 is 5.80. The van der Waals surface area contributed by atoms with Gasteiger partial charge in [-0.05, 0) is 24.5 Å². The van der Waals surface area contributed by atoms with Gasteiger partial charge in [0.2, 0.25) is 5.91 Å². The lowest BCUT2D eigenvalue weighted by Crippen LogP contribution is -2.53. The first-order valence-electron chi connectivity index (χ1n) is 9.53. The Hall–Kier alpha value is -1.59. The quantitative estimate of drug-likeness (QED) is 0.738. The van der Waals surface area contributed by atoms with Crippen LogP contribution in [-0.4, -0.2) is 79.1 Å². The van der Waals surface area contributed by atoms with E-state index in [1.165, 1.54) is 6.54 Å². The Balaban J connectivity index is 1.37. The van der Waals surface area contributed by atoms with Gasteiger partial charge >= 0.3 is 0 Å². The molecule has 25 heavy (non-hydrogen) atoms. The van der Waals surface area contributed by atoms with E-state index in [0.29, 0.717) is 12.0 Å². The van der Waals surface area contributed by atoms with E-state index in [9.17, 15) is 4.79 Å². The molecule has 138 valence electrons. The van der Waals surface area contributed by atoms with Crippen molar-refractivity contribution in [3.63, 3.8) is 0 Å². The minimum atomic E-state index is 0.208. The average Bonchev–Trinajstić information content (AvgIpc) is 3.00. The van der Waals surface area contributed by atoms with Crippen molar-refractivity contribution in [2.45, 2.75) is 26.3 Å². The van der Waals surface area contributed by atoms with Crippen LogP contribution >= 0.6 is 0 Å². The van der Waals surface area contributed by atoms with Crippen molar-refractivity contribution in [3.05, 3.63) is 30.3 Å². The molecule has 2 fully saturated rings. The molecule has 0 unspecified atom stereocenters. The van der Waals surface area contributed by atoms with Crippen molar-refractivity contribution in [3.8, 4) is 5.75 Å². The summed E-state index contributed by atoms with van der Waals surface area (Å²) in [4.78, 5) is 18.6. The first kappa shape index (κ1) is 18.2. The number of amides is 1. The first-order chi connectivity index (χ1) is 12.1. The maximum Gasteiger partial charge on any atom is 0.219 e. The third-order valence-corrected chi connectivity index (χ3v) is 5.51. The Labute approximate surface area is 151 Å². The van der Waals surface area contributed by atoms with Crippen molar-refractivity contribution in [2.75, 3.05) is 52.4 Å². The topological polar surface area (TPSA) is 36.0 Å². The highest BCUT2D eigenvalue weighted by Crippen LogP contribution is 2.23. The number of carbonyl (C=O) groups is 1. The zero-order valence-corrected chi connectivity index (χ0v) is 15.6. The number of hydrogen-bond acceptors (Lipinski definition) is 4. The number of benzene rings is 1. The van der Waals surface area contributed by atoms with Crippen LogP contribution in [0.25, 0.3) is 0 Å². The molecule has 2 heterocycles. The zero-order chi connectivity index (χ0) is 17.6. The second kappa shape index (κ2) is 8.68. The monoisotopic (exact) mass is 345 g/mol. The molecule has 0 spiro atoms. The van der Waals surface area contributed by atoms with Gasteiger partial charge in [0, 0.05) is 58.8 Å². The van der Waals surface area contributed by atoms with Crippen LogP contribution in [0.2, 0.25) is 0 Å². The Kier molecular flexibility index (Phi) is 6.32. The van der Waals surface area contributed by atoms with E-state index in [0.717, 1.165) is 58.0 Å². The molecule has 0 aromatic heterocycles. The summed E-state index contributed by atoms with van der Waals surface area (Å²) >= 11 is 0. The molecule has 1 aromatic rings. The summed E-state index contributed by atoms with van der Waals surface area (Å²) in [5, 5.41) is 0. The Morgan fingerprint density at radius 3 is 2.52 bits per heavy atom. The van der Waals surface area contributed by atoms with E-state index in [1.54, 1.807) is 6.92 Å². The third kappa shape index (κ3) is 4.95. The van der Waals surface area contributed by atoms with E-state index in [-0.39, 0.29) is 5.91 Å². The van der Waals surface area contributed by atoms with Gasteiger partial charge in [0.25, 0.3) is 0 Å². The van der Waals surface area contributed by atoms with Crippen molar-refractivity contribution in [1.82, 2.24) is 14.7 Å². The van der Waals surface area contributed by atoms with Crippen LogP contribution in [0.4, 0.5) is 0 Å². The van der Waals surface area contributed by atoms with E-state index < -0.39 is 0 Å². The van der Waals surface area contributed by atoms with Crippen LogP contribution in [0, 0.1) is 5.92 Å². The largest absolute Gasteiger partial charge is 0.494 e. The fraction of sp³-hybridized carbons (Fsp3) is 0.650. The van der Waals surface area contributed by atoms with E-state index >= 15 is 0 Å². The minimum Gasteiger partial charge on any atom is -0.494 e. The van der Waals surface area contributed by atoms with Gasteiger partial charge in [-0.25, -0.2) is 0 Å². The SMILES string of the molecule is CC(=O)N1CCN([C@@H]2CN(CCCOc3ccccc3)C[C@@H]2C)CC1. The number of ether oxygens (including phenoxy) is 1. The Bertz CT molecular complexity index is 543. The molecule has 2 saturated heterocycles.